The van der Waals surface area contributed by atoms with Gasteiger partial charge in [0.2, 0.25) is 17.7 Å². The highest BCUT2D eigenvalue weighted by atomic mass is 31.2. The zero-order valence-electron chi connectivity index (χ0n) is 37.4. The molecule has 0 heterocycles. The maximum absolute atomic E-state index is 13.3. The summed E-state index contributed by atoms with van der Waals surface area (Å²) in [5.74, 6) is -4.75. The molecule has 0 saturated carbocycles. The third-order valence-corrected chi connectivity index (χ3v) is 21.0. The molecule has 6 amide bonds. The average molecular weight is 1110 g/mol. The van der Waals surface area contributed by atoms with Gasteiger partial charge in [-0.1, -0.05) is 0 Å². The van der Waals surface area contributed by atoms with Gasteiger partial charge in [0, 0.05) is 96.4 Å². The lowest BCUT2D eigenvalue weighted by molar-refractivity contribution is -0.129. The minimum absolute atomic E-state index is 0.0568. The molecule has 1 aromatic rings. The monoisotopic (exact) mass is 1110 g/mol. The first kappa shape index (κ1) is 64.0. The first-order valence-electron chi connectivity index (χ1n) is 20.4. The molecule has 396 valence electrons. The second kappa shape index (κ2) is 27.1. The lowest BCUT2D eigenvalue weighted by atomic mass is 10.0. The Labute approximate surface area is 394 Å². The molecular formula is C33H60N6O24P6. The number of rotatable bonds is 30. The molecular weight excluding hydrogens is 1050 g/mol. The van der Waals surface area contributed by atoms with Crippen LogP contribution in [0.1, 0.15) is 90.4 Å². The van der Waals surface area contributed by atoms with E-state index in [1.165, 1.54) is 0 Å². The molecule has 15 N–H and O–H groups in total. The van der Waals surface area contributed by atoms with E-state index >= 15 is 0 Å². The van der Waals surface area contributed by atoms with Crippen molar-refractivity contribution in [2.45, 2.75) is 75.5 Å². The number of carbonyl (C=O) groups is 6. The molecule has 0 radical (unpaired) electrons. The van der Waals surface area contributed by atoms with Gasteiger partial charge in [-0.25, -0.2) is 0 Å². The lowest BCUT2D eigenvalue weighted by Crippen LogP contribution is -2.37. The molecule has 30 nitrogen and oxygen atoms in total. The minimum atomic E-state index is -5.35. The molecule has 0 aliphatic carbocycles. The van der Waals surface area contributed by atoms with E-state index in [1.54, 1.807) is 0 Å². The highest BCUT2D eigenvalue weighted by Gasteiger charge is 2.47. The van der Waals surface area contributed by atoms with Gasteiger partial charge in [-0.3, -0.25) is 56.2 Å². The van der Waals surface area contributed by atoms with Gasteiger partial charge in [-0.15, -0.1) is 0 Å². The van der Waals surface area contributed by atoms with E-state index in [0.717, 1.165) is 53.7 Å². The van der Waals surface area contributed by atoms with E-state index in [0.29, 0.717) is 0 Å². The molecule has 0 fully saturated rings. The molecule has 0 bridgehead atoms. The Bertz CT molecular complexity index is 1960. The van der Waals surface area contributed by atoms with Crippen molar-refractivity contribution in [3.8, 4) is 0 Å². The number of unbranched alkanes of at least 4 members (excludes halogenated alkanes) is 3. The van der Waals surface area contributed by atoms with Gasteiger partial charge in [-0.2, -0.15) is 0 Å². The van der Waals surface area contributed by atoms with Gasteiger partial charge in [0.05, 0.1) is 0 Å². The quantitative estimate of drug-likeness (QED) is 0.0318. The fourth-order valence-electron chi connectivity index (χ4n) is 6.17. The Morgan fingerprint density at radius 1 is 0.391 bits per heavy atom. The van der Waals surface area contributed by atoms with Crippen LogP contribution in [0.25, 0.3) is 0 Å². The smallest absolute Gasteiger partial charge is 0.342 e. The number of hydrogen-bond donors (Lipinski definition) is 15. The van der Waals surface area contributed by atoms with Crippen molar-refractivity contribution < 1.29 is 115 Å². The molecule has 69 heavy (non-hydrogen) atoms. The molecule has 0 aromatic heterocycles. The van der Waals surface area contributed by atoms with E-state index < -0.39 is 117 Å². The number of nitrogens with zero attached hydrogens (tertiary/aromatic N) is 3. The summed E-state index contributed by atoms with van der Waals surface area (Å²) in [4.78, 5) is 192. The molecule has 0 aliphatic rings. The van der Waals surface area contributed by atoms with E-state index in [-0.39, 0.29) is 94.5 Å². The number of hydrogen-bond acceptors (Lipinski definition) is 12. The van der Waals surface area contributed by atoms with Crippen LogP contribution in [-0.2, 0) is 41.8 Å². The summed E-state index contributed by atoms with van der Waals surface area (Å²) in [6.07, 6.45) is 0.463. The van der Waals surface area contributed by atoms with Crippen molar-refractivity contribution in [1.29, 1.82) is 0 Å². The first-order valence-corrected chi connectivity index (χ1v) is 30.4. The maximum atomic E-state index is 13.3. The predicted molar refractivity (Wildman–Crippen MR) is 242 cm³/mol. The summed E-state index contributed by atoms with van der Waals surface area (Å²) in [5.41, 5.74) is -0.687. The summed E-state index contributed by atoms with van der Waals surface area (Å²) < 4.78 is 70.3. The zero-order chi connectivity index (χ0) is 53.5. The normalized spacial score (nSPS) is 12.8. The fourth-order valence-corrected chi connectivity index (χ4v) is 13.3. The van der Waals surface area contributed by atoms with Gasteiger partial charge in [0.1, 0.15) is 0 Å². The summed E-state index contributed by atoms with van der Waals surface area (Å²) >= 11 is 0. The Morgan fingerprint density at radius 3 is 0.739 bits per heavy atom. The van der Waals surface area contributed by atoms with Crippen LogP contribution in [0.2, 0.25) is 0 Å². The zero-order valence-corrected chi connectivity index (χ0v) is 42.7. The highest BCUT2D eigenvalue weighted by molar-refractivity contribution is 7.71. The molecule has 1 rings (SSSR count). The van der Waals surface area contributed by atoms with Crippen LogP contribution in [0.3, 0.4) is 0 Å². The summed E-state index contributed by atoms with van der Waals surface area (Å²) in [5, 5.41) is 0.168. The van der Waals surface area contributed by atoms with Gasteiger partial charge in [0.25, 0.3) is 17.7 Å². The topological polar surface area (TPSA) is 493 Å². The summed E-state index contributed by atoms with van der Waals surface area (Å²) in [6.45, 7) is -0.942. The van der Waals surface area contributed by atoms with Crippen LogP contribution in [-0.4, -0.2) is 184 Å². The molecule has 1 aromatic carbocycles. The van der Waals surface area contributed by atoms with E-state index in [1.807, 2.05) is 0 Å². The first-order chi connectivity index (χ1) is 31.3. The van der Waals surface area contributed by atoms with Crippen molar-refractivity contribution in [2.75, 3.05) is 58.9 Å². The Balaban J connectivity index is 3.19. The Kier molecular flexibility index (Phi) is 25.1. The molecule has 0 saturated heterocycles. The van der Waals surface area contributed by atoms with Crippen LogP contribution in [0, 0.1) is 0 Å². The SMILES string of the molecule is CC(=O)N(CCCCNC(=O)c1cc(C(=O)NCCCCN(CC(P(=O)(O)O)P(=O)(O)O)C(C)=O)cc(C(=O)NCCCCN(CC(P(=O)(O)O)P(=O)(O)O)C(C)=O)c1)CC(P(=O)(O)O)P(=O)(O)O. The highest BCUT2D eigenvalue weighted by Crippen LogP contribution is 2.61. The lowest BCUT2D eigenvalue weighted by Gasteiger charge is -2.27. The number of nitrogens with one attached hydrogen (secondary N) is 3. The van der Waals surface area contributed by atoms with E-state index in [2.05, 4.69) is 16.0 Å². The third kappa shape index (κ3) is 23.4. The van der Waals surface area contributed by atoms with Crippen LogP contribution in [0.15, 0.2) is 18.2 Å². The van der Waals surface area contributed by atoms with Gasteiger partial charge in [-0.05, 0) is 56.7 Å². The molecule has 0 spiro atoms. The van der Waals surface area contributed by atoms with Crippen LogP contribution in [0.5, 0.6) is 0 Å². The van der Waals surface area contributed by atoms with Crippen LogP contribution in [0.4, 0.5) is 0 Å². The van der Waals surface area contributed by atoms with Crippen molar-refractivity contribution in [3.63, 3.8) is 0 Å². The largest absolute Gasteiger partial charge is 0.352 e. The van der Waals surface area contributed by atoms with Crippen molar-refractivity contribution in [3.05, 3.63) is 34.9 Å². The summed E-state index contributed by atoms with van der Waals surface area (Å²) in [6, 6.07) is 3.34. The van der Waals surface area contributed by atoms with Crippen molar-refractivity contribution in [1.82, 2.24) is 30.7 Å². The van der Waals surface area contributed by atoms with Crippen molar-refractivity contribution in [2.24, 2.45) is 0 Å². The molecule has 0 unspecified atom stereocenters. The molecule has 36 heteroatoms. The minimum Gasteiger partial charge on any atom is -0.352 e. The fraction of sp³-hybridized carbons (Fsp3) is 0.636. The third-order valence-electron chi connectivity index (χ3n) is 9.96. The van der Waals surface area contributed by atoms with E-state index in [9.17, 15) is 115 Å². The van der Waals surface area contributed by atoms with Gasteiger partial charge in [0.15, 0.2) is 16.2 Å². The molecule has 0 aliphatic heterocycles. The number of carbonyl (C=O) groups excluding carboxylic acids is 6. The number of benzene rings is 1. The van der Waals surface area contributed by atoms with Gasteiger partial charge >= 0.3 is 45.6 Å². The van der Waals surface area contributed by atoms with Crippen LogP contribution < -0.4 is 16.0 Å². The van der Waals surface area contributed by atoms with E-state index in [4.69, 9.17) is 0 Å². The Morgan fingerprint density at radius 2 is 0.580 bits per heavy atom. The average Bonchev–Trinajstić information content (AvgIpc) is 3.16. The Hall–Kier alpha value is -3.06. The maximum Gasteiger partial charge on any atom is 0.342 e. The second-order valence-corrected chi connectivity index (χ2v) is 27.6. The molecule has 0 atom stereocenters. The predicted octanol–water partition coefficient (Wildman–Crippen LogP) is -1.19. The van der Waals surface area contributed by atoms with Crippen LogP contribution >= 0.6 is 45.6 Å². The summed E-state index contributed by atoms with van der Waals surface area (Å²) in [7, 11) is -32.1. The number of amides is 6. The van der Waals surface area contributed by atoms with Crippen molar-refractivity contribution >= 4 is 81.0 Å². The van der Waals surface area contributed by atoms with Gasteiger partial charge < -0.3 is 89.4 Å². The standard InChI is InChI=1S/C33H60N6O24P6/c1-22(40)37(19-28(64(46,47)48)65(49,50)51)13-7-4-10-34-31(43)25-16-26(32(44)35-11-5-8-14-38(23(2)41)20-29(66(52,53)54)67(55,56)57)18-27(17-25)33(45)36-12-6-9-15-39(24(3)42)21-30(68(58,59)60)69(61,62)63/h16-18,28-30H,4-15,19-21H2,1-3H3,(H,34,43)(H,35,44)(H,36,45)(H2,46,47,48)(H2,49,50,51)(H2,52,53,54)(H2,55,56,57)(H2,58,59,60)(H2,61,62,63). The second-order valence-electron chi connectivity index (χ2n) is 15.6.